The zero-order chi connectivity index (χ0) is 7.84. The van der Waals surface area contributed by atoms with Crippen LogP contribution >= 0.6 is 0 Å². The highest BCUT2D eigenvalue weighted by Gasteiger charge is 2.21. The lowest BCUT2D eigenvalue weighted by Crippen LogP contribution is -2.37. The quantitative estimate of drug-likeness (QED) is 0.507. The summed E-state index contributed by atoms with van der Waals surface area (Å²) in [4.78, 5) is 0. The van der Waals surface area contributed by atoms with Crippen LogP contribution in [0.1, 0.15) is 0 Å². The Kier molecular flexibility index (Phi) is 1.26. The van der Waals surface area contributed by atoms with Gasteiger partial charge in [0.25, 0.3) is 0 Å². The molecule has 11 heavy (non-hydrogen) atoms. The summed E-state index contributed by atoms with van der Waals surface area (Å²) in [5.74, 6) is 0. The van der Waals surface area contributed by atoms with Crippen LogP contribution in [0.2, 0.25) is 0 Å². The first-order valence-electron chi connectivity index (χ1n) is 3.61. The summed E-state index contributed by atoms with van der Waals surface area (Å²) in [7, 11) is 4.04. The highest BCUT2D eigenvalue weighted by atomic mass is 15.9. The second-order valence-electron chi connectivity index (χ2n) is 2.66. The Bertz CT molecular complexity index is 252. The van der Waals surface area contributed by atoms with E-state index in [0.29, 0.717) is 0 Å². The van der Waals surface area contributed by atoms with Crippen LogP contribution in [-0.4, -0.2) is 29.2 Å². The van der Waals surface area contributed by atoms with Gasteiger partial charge in [-0.15, -0.1) is 5.12 Å². The maximum Gasteiger partial charge on any atom is 0.0765 e. The van der Waals surface area contributed by atoms with Gasteiger partial charge in [-0.25, -0.2) is 0 Å². The zero-order valence-electron chi connectivity index (χ0n) is 6.73. The third kappa shape index (κ3) is 0.851. The van der Waals surface area contributed by atoms with Crippen LogP contribution in [0, 0.1) is 0 Å². The van der Waals surface area contributed by atoms with Crippen molar-refractivity contribution in [3.8, 4) is 0 Å². The summed E-state index contributed by atoms with van der Waals surface area (Å²) in [6, 6.07) is 0. The molecular formula is C8H11N3. The van der Waals surface area contributed by atoms with Crippen molar-refractivity contribution in [1.29, 1.82) is 0 Å². The normalized spacial score (nSPS) is 22.5. The number of rotatable bonds is 0. The SMILES string of the molecule is CN1C=C2C=CC=CN2N1C. The van der Waals surface area contributed by atoms with Crippen molar-refractivity contribution >= 4 is 0 Å². The van der Waals surface area contributed by atoms with Gasteiger partial charge in [-0.3, -0.25) is 10.0 Å². The molecule has 0 aliphatic carbocycles. The first-order valence-corrected chi connectivity index (χ1v) is 3.61. The number of allylic oxidation sites excluding steroid dienone is 3. The Balaban J connectivity index is 2.32. The lowest BCUT2D eigenvalue weighted by Gasteiger charge is -2.29. The molecule has 0 spiro atoms. The van der Waals surface area contributed by atoms with Gasteiger partial charge in [0, 0.05) is 26.5 Å². The number of hydrazine groups is 2. The molecule has 0 fully saturated rings. The molecule has 0 atom stereocenters. The number of nitrogens with zero attached hydrogens (tertiary/aromatic N) is 3. The molecule has 2 aliphatic rings. The van der Waals surface area contributed by atoms with E-state index < -0.39 is 0 Å². The third-order valence-electron chi connectivity index (χ3n) is 1.96. The maximum absolute atomic E-state index is 2.08. The Morgan fingerprint density at radius 1 is 1.18 bits per heavy atom. The molecule has 2 heterocycles. The fraction of sp³-hybridized carbons (Fsp3) is 0.250. The van der Waals surface area contributed by atoms with Crippen molar-refractivity contribution in [3.63, 3.8) is 0 Å². The predicted octanol–water partition coefficient (Wildman–Crippen LogP) is 0.920. The lowest BCUT2D eigenvalue weighted by molar-refractivity contribution is -0.0422. The van der Waals surface area contributed by atoms with Gasteiger partial charge in [0.2, 0.25) is 0 Å². The largest absolute Gasteiger partial charge is 0.296 e. The van der Waals surface area contributed by atoms with Gasteiger partial charge >= 0.3 is 0 Å². The van der Waals surface area contributed by atoms with E-state index in [1.165, 1.54) is 5.70 Å². The molecule has 0 saturated heterocycles. The smallest absolute Gasteiger partial charge is 0.0765 e. The van der Waals surface area contributed by atoms with Crippen molar-refractivity contribution in [2.45, 2.75) is 0 Å². The van der Waals surface area contributed by atoms with Crippen LogP contribution in [0.3, 0.4) is 0 Å². The van der Waals surface area contributed by atoms with Crippen LogP contribution in [0.15, 0.2) is 36.3 Å². The van der Waals surface area contributed by atoms with Crippen LogP contribution in [0.25, 0.3) is 0 Å². The monoisotopic (exact) mass is 149 g/mol. The van der Waals surface area contributed by atoms with Gasteiger partial charge in [-0.2, -0.15) is 0 Å². The van der Waals surface area contributed by atoms with Crippen LogP contribution in [-0.2, 0) is 0 Å². The first kappa shape index (κ1) is 6.49. The van der Waals surface area contributed by atoms with Gasteiger partial charge in [-0.05, 0) is 12.2 Å². The van der Waals surface area contributed by atoms with Crippen molar-refractivity contribution < 1.29 is 0 Å². The van der Waals surface area contributed by atoms with Gasteiger partial charge in [0.15, 0.2) is 0 Å². The molecule has 0 aromatic rings. The number of hydrogen-bond donors (Lipinski definition) is 0. The van der Waals surface area contributed by atoms with Crippen molar-refractivity contribution in [1.82, 2.24) is 15.1 Å². The van der Waals surface area contributed by atoms with Gasteiger partial charge in [-0.1, -0.05) is 6.08 Å². The minimum Gasteiger partial charge on any atom is -0.296 e. The second-order valence-corrected chi connectivity index (χ2v) is 2.66. The Hall–Kier alpha value is -1.22. The summed E-state index contributed by atoms with van der Waals surface area (Å²) >= 11 is 0. The van der Waals surface area contributed by atoms with E-state index in [9.17, 15) is 0 Å². The predicted molar refractivity (Wildman–Crippen MR) is 43.7 cm³/mol. The Morgan fingerprint density at radius 3 is 2.73 bits per heavy atom. The molecule has 0 amide bonds. The number of fused-ring (bicyclic) bond motifs is 1. The molecule has 0 aromatic carbocycles. The van der Waals surface area contributed by atoms with Gasteiger partial charge in [0.05, 0.1) is 5.70 Å². The van der Waals surface area contributed by atoms with Crippen LogP contribution in [0.4, 0.5) is 0 Å². The highest BCUT2D eigenvalue weighted by Crippen LogP contribution is 2.21. The zero-order valence-corrected chi connectivity index (χ0v) is 6.73. The summed E-state index contributed by atoms with van der Waals surface area (Å²) in [5.41, 5.74) is 1.21. The maximum atomic E-state index is 2.08. The molecule has 2 aliphatic heterocycles. The molecule has 58 valence electrons. The van der Waals surface area contributed by atoms with E-state index in [2.05, 4.69) is 17.3 Å². The molecule has 0 bridgehead atoms. The molecule has 0 radical (unpaired) electrons. The number of hydrogen-bond acceptors (Lipinski definition) is 3. The van der Waals surface area contributed by atoms with Crippen molar-refractivity contribution in [3.05, 3.63) is 36.3 Å². The molecule has 0 N–H and O–H groups in total. The minimum absolute atomic E-state index is 1.21. The molecular weight excluding hydrogens is 138 g/mol. The fourth-order valence-electron chi connectivity index (χ4n) is 1.24. The average Bonchev–Trinajstić information content (AvgIpc) is 2.30. The van der Waals surface area contributed by atoms with Crippen molar-refractivity contribution in [2.75, 3.05) is 14.1 Å². The van der Waals surface area contributed by atoms with E-state index >= 15 is 0 Å². The summed E-state index contributed by atoms with van der Waals surface area (Å²) < 4.78 is 0. The molecule has 0 saturated carbocycles. The first-order chi connectivity index (χ1) is 5.29. The van der Waals surface area contributed by atoms with E-state index in [4.69, 9.17) is 0 Å². The van der Waals surface area contributed by atoms with E-state index in [1.807, 2.05) is 42.6 Å². The Labute approximate surface area is 66.4 Å². The summed E-state index contributed by atoms with van der Waals surface area (Å²) in [6.45, 7) is 0. The summed E-state index contributed by atoms with van der Waals surface area (Å²) in [5, 5.41) is 6.16. The average molecular weight is 149 g/mol. The van der Waals surface area contributed by atoms with Gasteiger partial charge in [0.1, 0.15) is 0 Å². The van der Waals surface area contributed by atoms with E-state index in [0.717, 1.165) is 0 Å². The Morgan fingerprint density at radius 2 is 2.00 bits per heavy atom. The molecule has 0 unspecified atom stereocenters. The van der Waals surface area contributed by atoms with E-state index in [-0.39, 0.29) is 0 Å². The fourth-order valence-corrected chi connectivity index (χ4v) is 1.24. The lowest BCUT2D eigenvalue weighted by atomic mass is 10.3. The standard InChI is InChI=1S/C8H11N3/c1-9-7-8-5-3-4-6-11(8)10(9)2/h3-7H,1-2H3. The van der Waals surface area contributed by atoms with Crippen molar-refractivity contribution in [2.24, 2.45) is 0 Å². The van der Waals surface area contributed by atoms with Crippen LogP contribution in [0.5, 0.6) is 0 Å². The molecule has 3 heteroatoms. The molecule has 2 rings (SSSR count). The van der Waals surface area contributed by atoms with Crippen LogP contribution < -0.4 is 0 Å². The topological polar surface area (TPSA) is 9.72 Å². The highest BCUT2D eigenvalue weighted by molar-refractivity contribution is 5.28. The van der Waals surface area contributed by atoms with Gasteiger partial charge < -0.3 is 0 Å². The molecule has 3 nitrogen and oxygen atoms in total. The second kappa shape index (κ2) is 2.13. The third-order valence-corrected chi connectivity index (χ3v) is 1.96. The molecule has 0 aromatic heterocycles. The summed E-state index contributed by atoms with van der Waals surface area (Å²) in [6.07, 6.45) is 10.3. The van der Waals surface area contributed by atoms with E-state index in [1.54, 1.807) is 0 Å². The minimum atomic E-state index is 1.21.